The molecular formula is C38H45N3O6S. The Morgan fingerprint density at radius 3 is 2.02 bits per heavy atom. The highest BCUT2D eigenvalue weighted by atomic mass is 32.2. The number of carbonyl (C=O) groups is 2. The number of nitrogens with one attached hydrogen (secondary N) is 1. The average Bonchev–Trinajstić information content (AvgIpc) is 3.04. The van der Waals surface area contributed by atoms with Gasteiger partial charge < -0.3 is 19.7 Å². The lowest BCUT2D eigenvalue weighted by Crippen LogP contribution is -2.56. The standard InChI is InChI=1S/C38H45N3O6S/c1-27-16-19-32(20-17-27)48(44,45)41(31-18-21-34(46-6)35(24-31)47-7)26-36(42)40(25-30-15-11-12-28(2)22-30)33(37(43)39-38(3,4)5)23-29-13-9-8-10-14-29/h8-22,24,33H,23,25-26H2,1-7H3,(H,39,43)/t33-/m0/s1. The molecule has 0 aliphatic carbocycles. The minimum absolute atomic E-state index is 0.0206. The molecule has 9 nitrogen and oxygen atoms in total. The zero-order valence-corrected chi connectivity index (χ0v) is 29.5. The molecule has 0 bridgehead atoms. The first-order valence-corrected chi connectivity index (χ1v) is 17.2. The number of hydrogen-bond acceptors (Lipinski definition) is 6. The Kier molecular flexibility index (Phi) is 11.5. The molecule has 0 spiro atoms. The molecule has 1 atom stereocenters. The summed E-state index contributed by atoms with van der Waals surface area (Å²) in [6.07, 6.45) is 0.224. The zero-order chi connectivity index (χ0) is 35.1. The molecule has 10 heteroatoms. The van der Waals surface area contributed by atoms with Crippen LogP contribution in [-0.2, 0) is 32.6 Å². The fraction of sp³-hybridized carbons (Fsp3) is 0.316. The smallest absolute Gasteiger partial charge is 0.264 e. The number of hydrogen-bond donors (Lipinski definition) is 1. The van der Waals surface area contributed by atoms with Crippen molar-refractivity contribution in [3.05, 3.63) is 119 Å². The molecule has 0 saturated heterocycles. The molecule has 48 heavy (non-hydrogen) atoms. The van der Waals surface area contributed by atoms with Gasteiger partial charge in [0.2, 0.25) is 11.8 Å². The van der Waals surface area contributed by atoms with Crippen LogP contribution in [0.5, 0.6) is 11.5 Å². The quantitative estimate of drug-likeness (QED) is 0.185. The summed E-state index contributed by atoms with van der Waals surface area (Å²) >= 11 is 0. The number of ether oxygens (including phenoxy) is 2. The molecule has 0 fully saturated rings. The molecule has 4 rings (SSSR count). The first-order valence-electron chi connectivity index (χ1n) is 15.7. The topological polar surface area (TPSA) is 105 Å². The number of rotatable bonds is 13. The lowest BCUT2D eigenvalue weighted by Gasteiger charge is -2.35. The van der Waals surface area contributed by atoms with Gasteiger partial charge in [-0.05, 0) is 70.0 Å². The van der Waals surface area contributed by atoms with Crippen LogP contribution in [0.15, 0.2) is 102 Å². The van der Waals surface area contributed by atoms with Gasteiger partial charge in [0, 0.05) is 24.6 Å². The molecule has 0 unspecified atom stereocenters. The first kappa shape index (κ1) is 36.0. The molecule has 0 radical (unpaired) electrons. The highest BCUT2D eigenvalue weighted by Gasteiger charge is 2.36. The Labute approximate surface area is 284 Å². The number of sulfonamides is 1. The van der Waals surface area contributed by atoms with E-state index in [-0.39, 0.29) is 29.5 Å². The van der Waals surface area contributed by atoms with Gasteiger partial charge in [-0.15, -0.1) is 0 Å². The molecule has 1 N–H and O–H groups in total. The summed E-state index contributed by atoms with van der Waals surface area (Å²) in [7, 11) is -1.33. The Balaban J connectivity index is 1.86. The Bertz CT molecular complexity index is 1820. The van der Waals surface area contributed by atoms with Crippen molar-refractivity contribution in [3.63, 3.8) is 0 Å². The Morgan fingerprint density at radius 2 is 1.42 bits per heavy atom. The normalized spacial score (nSPS) is 12.1. The SMILES string of the molecule is COc1ccc(N(CC(=O)N(Cc2cccc(C)c2)[C@@H](Cc2ccccc2)C(=O)NC(C)(C)C)S(=O)(=O)c2ccc(C)cc2)cc1OC. The van der Waals surface area contributed by atoms with E-state index < -0.39 is 34.1 Å². The summed E-state index contributed by atoms with van der Waals surface area (Å²) in [5.41, 5.74) is 3.18. The van der Waals surface area contributed by atoms with Crippen molar-refractivity contribution in [2.75, 3.05) is 25.1 Å². The van der Waals surface area contributed by atoms with Crippen LogP contribution < -0.4 is 19.1 Å². The second-order valence-corrected chi connectivity index (χ2v) is 14.7. The van der Waals surface area contributed by atoms with E-state index in [0.29, 0.717) is 11.5 Å². The van der Waals surface area contributed by atoms with Crippen molar-refractivity contribution in [2.45, 2.75) is 64.1 Å². The third-order valence-corrected chi connectivity index (χ3v) is 9.54. The molecule has 0 saturated carbocycles. The van der Waals surface area contributed by atoms with Crippen molar-refractivity contribution in [2.24, 2.45) is 0 Å². The maximum Gasteiger partial charge on any atom is 0.264 e. The predicted octanol–water partition coefficient (Wildman–Crippen LogP) is 6.07. The number of methoxy groups -OCH3 is 2. The van der Waals surface area contributed by atoms with E-state index in [4.69, 9.17) is 9.47 Å². The van der Waals surface area contributed by atoms with E-state index in [1.165, 1.54) is 37.3 Å². The lowest BCUT2D eigenvalue weighted by atomic mass is 10.0. The van der Waals surface area contributed by atoms with Crippen LogP contribution in [0.3, 0.4) is 0 Å². The molecular weight excluding hydrogens is 627 g/mol. The van der Waals surface area contributed by atoms with Crippen LogP contribution in [-0.4, -0.2) is 57.5 Å². The number of benzene rings is 4. The summed E-state index contributed by atoms with van der Waals surface area (Å²) in [5.74, 6) is -0.184. The fourth-order valence-corrected chi connectivity index (χ4v) is 6.77. The van der Waals surface area contributed by atoms with E-state index in [1.54, 1.807) is 24.3 Å². The summed E-state index contributed by atoms with van der Waals surface area (Å²) in [5, 5.41) is 3.05. The zero-order valence-electron chi connectivity index (χ0n) is 28.7. The van der Waals surface area contributed by atoms with Crippen molar-refractivity contribution in [1.82, 2.24) is 10.2 Å². The van der Waals surface area contributed by atoms with E-state index >= 15 is 0 Å². The summed E-state index contributed by atoms with van der Waals surface area (Å²) in [4.78, 5) is 30.3. The van der Waals surface area contributed by atoms with Gasteiger partial charge in [0.1, 0.15) is 12.6 Å². The van der Waals surface area contributed by atoms with Gasteiger partial charge in [0.15, 0.2) is 11.5 Å². The van der Waals surface area contributed by atoms with Crippen LogP contribution in [0.25, 0.3) is 0 Å². The van der Waals surface area contributed by atoms with Crippen LogP contribution in [0.1, 0.15) is 43.0 Å². The fourth-order valence-electron chi connectivity index (χ4n) is 5.36. The number of nitrogens with zero attached hydrogens (tertiary/aromatic N) is 2. The van der Waals surface area contributed by atoms with Gasteiger partial charge in [-0.1, -0.05) is 77.9 Å². The van der Waals surface area contributed by atoms with E-state index in [0.717, 1.165) is 26.6 Å². The minimum Gasteiger partial charge on any atom is -0.493 e. The summed E-state index contributed by atoms with van der Waals surface area (Å²) < 4.78 is 40.6. The first-order chi connectivity index (χ1) is 22.7. The molecule has 2 amide bonds. The molecule has 254 valence electrons. The summed E-state index contributed by atoms with van der Waals surface area (Å²) in [6, 6.07) is 27.3. The maximum atomic E-state index is 14.7. The van der Waals surface area contributed by atoms with Gasteiger partial charge >= 0.3 is 0 Å². The lowest BCUT2D eigenvalue weighted by molar-refractivity contribution is -0.140. The summed E-state index contributed by atoms with van der Waals surface area (Å²) in [6.45, 7) is 8.96. The second kappa shape index (κ2) is 15.4. The molecule has 0 aromatic heterocycles. The van der Waals surface area contributed by atoms with Crippen molar-refractivity contribution < 1.29 is 27.5 Å². The van der Waals surface area contributed by atoms with Gasteiger partial charge in [-0.25, -0.2) is 8.42 Å². The van der Waals surface area contributed by atoms with Crippen molar-refractivity contribution in [3.8, 4) is 11.5 Å². The third-order valence-electron chi connectivity index (χ3n) is 7.75. The minimum atomic E-state index is -4.27. The van der Waals surface area contributed by atoms with Crippen molar-refractivity contribution >= 4 is 27.5 Å². The number of amides is 2. The van der Waals surface area contributed by atoms with Crippen LogP contribution in [0.4, 0.5) is 5.69 Å². The van der Waals surface area contributed by atoms with Gasteiger partial charge in [0.25, 0.3) is 10.0 Å². The molecule has 4 aromatic rings. The average molecular weight is 672 g/mol. The van der Waals surface area contributed by atoms with Crippen LogP contribution in [0.2, 0.25) is 0 Å². The highest BCUT2D eigenvalue weighted by Crippen LogP contribution is 2.34. The monoisotopic (exact) mass is 671 g/mol. The highest BCUT2D eigenvalue weighted by molar-refractivity contribution is 7.92. The van der Waals surface area contributed by atoms with E-state index in [9.17, 15) is 18.0 Å². The molecule has 0 heterocycles. The maximum absolute atomic E-state index is 14.7. The number of anilines is 1. The van der Waals surface area contributed by atoms with Crippen LogP contribution in [0, 0.1) is 13.8 Å². The molecule has 4 aromatic carbocycles. The Hall–Kier alpha value is -4.83. The second-order valence-electron chi connectivity index (χ2n) is 12.8. The largest absolute Gasteiger partial charge is 0.493 e. The van der Waals surface area contributed by atoms with Crippen molar-refractivity contribution in [1.29, 1.82) is 0 Å². The number of aryl methyl sites for hydroxylation is 2. The molecule has 0 aliphatic rings. The predicted molar refractivity (Wildman–Crippen MR) is 189 cm³/mol. The van der Waals surface area contributed by atoms with Crippen LogP contribution >= 0.6 is 0 Å². The van der Waals surface area contributed by atoms with E-state index in [1.807, 2.05) is 89.2 Å². The Morgan fingerprint density at radius 1 is 0.771 bits per heavy atom. The molecule has 0 aliphatic heterocycles. The van der Waals surface area contributed by atoms with Gasteiger partial charge in [-0.3, -0.25) is 13.9 Å². The van der Waals surface area contributed by atoms with Gasteiger partial charge in [-0.2, -0.15) is 0 Å². The number of carbonyl (C=O) groups excluding carboxylic acids is 2. The van der Waals surface area contributed by atoms with E-state index in [2.05, 4.69) is 5.32 Å². The van der Waals surface area contributed by atoms with Gasteiger partial charge in [0.05, 0.1) is 24.8 Å². The third kappa shape index (κ3) is 9.16.